The zero-order chi connectivity index (χ0) is 8.77. The molecule has 12 heavy (non-hydrogen) atoms. The highest BCUT2D eigenvalue weighted by Crippen LogP contribution is 2.65. The maximum absolute atomic E-state index is 5.38. The first-order valence-electron chi connectivity index (χ1n) is 5.23. The van der Waals surface area contributed by atoms with Crippen LogP contribution in [0.25, 0.3) is 0 Å². The Hall–Kier alpha value is -0.0400. The van der Waals surface area contributed by atoms with Crippen LogP contribution in [0.15, 0.2) is 0 Å². The van der Waals surface area contributed by atoms with Crippen molar-refractivity contribution in [3.63, 3.8) is 0 Å². The Kier molecular flexibility index (Phi) is 1.95. The maximum atomic E-state index is 5.38. The molecule has 0 N–H and O–H groups in total. The third-order valence-electron chi connectivity index (χ3n) is 4.65. The normalized spacial score (nSPS) is 52.8. The molecule has 2 aliphatic rings. The Balaban J connectivity index is 1.91. The minimum atomic E-state index is 0.565. The van der Waals surface area contributed by atoms with Crippen LogP contribution >= 0.6 is 0 Å². The van der Waals surface area contributed by atoms with Gasteiger partial charge in [0.15, 0.2) is 0 Å². The molecule has 2 fully saturated rings. The lowest BCUT2D eigenvalue weighted by Gasteiger charge is -2.28. The molecule has 2 rings (SSSR count). The van der Waals surface area contributed by atoms with E-state index in [1.54, 1.807) is 0 Å². The molecule has 2 aliphatic carbocycles. The largest absolute Gasteiger partial charge is 0.381 e. The van der Waals surface area contributed by atoms with Crippen LogP contribution in [0.4, 0.5) is 0 Å². The molecule has 1 spiro atoms. The zero-order valence-electron chi connectivity index (χ0n) is 8.47. The summed E-state index contributed by atoms with van der Waals surface area (Å²) < 4.78 is 5.38. The van der Waals surface area contributed by atoms with Crippen LogP contribution in [0.3, 0.4) is 0 Å². The van der Waals surface area contributed by atoms with Crippen molar-refractivity contribution in [3.8, 4) is 0 Å². The van der Waals surface area contributed by atoms with Crippen molar-refractivity contribution in [2.75, 3.05) is 7.11 Å². The van der Waals surface area contributed by atoms with Gasteiger partial charge in [-0.3, -0.25) is 0 Å². The average molecular weight is 168 g/mol. The second-order valence-electron chi connectivity index (χ2n) is 4.75. The molecular formula is C11H20O. The first-order valence-corrected chi connectivity index (χ1v) is 5.23. The smallest absolute Gasteiger partial charge is 0.0571 e. The summed E-state index contributed by atoms with van der Waals surface area (Å²) in [5.74, 6) is 1.96. The molecule has 0 aliphatic heterocycles. The lowest BCUT2D eigenvalue weighted by molar-refractivity contribution is 0.0475. The quantitative estimate of drug-likeness (QED) is 0.585. The summed E-state index contributed by atoms with van der Waals surface area (Å²) in [5.41, 5.74) is 0.745. The molecule has 0 aromatic rings. The standard InChI is InChI=1S/C11H20O/c1-8-9(2)11(8)6-4-10(12-3)5-7-11/h8-10H,4-7H2,1-3H3. The van der Waals surface area contributed by atoms with Crippen molar-refractivity contribution in [2.45, 2.75) is 45.6 Å². The summed E-state index contributed by atoms with van der Waals surface area (Å²) in [6.45, 7) is 4.83. The molecule has 0 aromatic carbocycles. The molecule has 0 aromatic heterocycles. The molecule has 0 saturated heterocycles. The Morgan fingerprint density at radius 2 is 1.58 bits per heavy atom. The van der Waals surface area contributed by atoms with Gasteiger partial charge >= 0.3 is 0 Å². The lowest BCUT2D eigenvalue weighted by atomic mass is 9.82. The van der Waals surface area contributed by atoms with E-state index in [9.17, 15) is 0 Å². The molecule has 1 heteroatoms. The SMILES string of the molecule is COC1CCC2(CC1)C(C)C2C. The van der Waals surface area contributed by atoms with E-state index in [0.29, 0.717) is 6.10 Å². The van der Waals surface area contributed by atoms with Crippen LogP contribution in [0.2, 0.25) is 0 Å². The van der Waals surface area contributed by atoms with Crippen molar-refractivity contribution in [1.82, 2.24) is 0 Å². The highest BCUT2D eigenvalue weighted by Gasteiger charge is 2.59. The van der Waals surface area contributed by atoms with E-state index in [0.717, 1.165) is 17.3 Å². The van der Waals surface area contributed by atoms with Crippen LogP contribution in [0.1, 0.15) is 39.5 Å². The van der Waals surface area contributed by atoms with Crippen LogP contribution in [0.5, 0.6) is 0 Å². The summed E-state index contributed by atoms with van der Waals surface area (Å²) in [6.07, 6.45) is 5.98. The molecule has 70 valence electrons. The van der Waals surface area contributed by atoms with E-state index in [4.69, 9.17) is 4.74 Å². The van der Waals surface area contributed by atoms with E-state index >= 15 is 0 Å². The average Bonchev–Trinajstić information content (AvgIpc) is 2.60. The topological polar surface area (TPSA) is 9.23 Å². The number of ether oxygens (including phenoxy) is 1. The van der Waals surface area contributed by atoms with E-state index < -0.39 is 0 Å². The minimum Gasteiger partial charge on any atom is -0.381 e. The van der Waals surface area contributed by atoms with E-state index in [1.165, 1.54) is 25.7 Å². The number of rotatable bonds is 1. The summed E-state index contributed by atoms with van der Waals surface area (Å²) >= 11 is 0. The third kappa shape index (κ3) is 1.02. The highest BCUT2D eigenvalue weighted by molar-refractivity contribution is 5.07. The van der Waals surface area contributed by atoms with Gasteiger partial charge in [-0.2, -0.15) is 0 Å². The van der Waals surface area contributed by atoms with Crippen molar-refractivity contribution in [1.29, 1.82) is 0 Å². The lowest BCUT2D eigenvalue weighted by Crippen LogP contribution is -2.22. The molecule has 0 bridgehead atoms. The Bertz CT molecular complexity index is 158. The van der Waals surface area contributed by atoms with Gasteiger partial charge in [-0.1, -0.05) is 13.8 Å². The van der Waals surface area contributed by atoms with Crippen LogP contribution in [-0.2, 0) is 4.74 Å². The fourth-order valence-corrected chi connectivity index (χ4v) is 3.22. The van der Waals surface area contributed by atoms with Crippen molar-refractivity contribution in [2.24, 2.45) is 17.3 Å². The molecule has 2 unspecified atom stereocenters. The van der Waals surface area contributed by atoms with Gasteiger partial charge in [0.2, 0.25) is 0 Å². The first-order chi connectivity index (χ1) is 5.70. The van der Waals surface area contributed by atoms with Gasteiger partial charge in [0.25, 0.3) is 0 Å². The monoisotopic (exact) mass is 168 g/mol. The van der Waals surface area contributed by atoms with E-state index in [2.05, 4.69) is 13.8 Å². The second-order valence-corrected chi connectivity index (χ2v) is 4.75. The maximum Gasteiger partial charge on any atom is 0.0571 e. The van der Waals surface area contributed by atoms with Crippen molar-refractivity contribution in [3.05, 3.63) is 0 Å². The van der Waals surface area contributed by atoms with E-state index in [-0.39, 0.29) is 0 Å². The predicted molar refractivity (Wildman–Crippen MR) is 50.0 cm³/mol. The van der Waals surface area contributed by atoms with Gasteiger partial charge in [0.05, 0.1) is 6.10 Å². The van der Waals surface area contributed by atoms with Crippen molar-refractivity contribution < 1.29 is 4.74 Å². The number of hydrogen-bond donors (Lipinski definition) is 0. The molecule has 0 heterocycles. The van der Waals surface area contributed by atoms with E-state index in [1.807, 2.05) is 7.11 Å². The number of hydrogen-bond acceptors (Lipinski definition) is 1. The molecule has 0 radical (unpaired) electrons. The zero-order valence-corrected chi connectivity index (χ0v) is 8.47. The summed E-state index contributed by atoms with van der Waals surface area (Å²) in [6, 6.07) is 0. The van der Waals surface area contributed by atoms with Gasteiger partial charge < -0.3 is 4.74 Å². The van der Waals surface area contributed by atoms with Crippen molar-refractivity contribution >= 4 is 0 Å². The Labute approximate surface area is 75.5 Å². The van der Waals surface area contributed by atoms with Crippen LogP contribution < -0.4 is 0 Å². The predicted octanol–water partition coefficient (Wildman–Crippen LogP) is 2.85. The summed E-state index contributed by atoms with van der Waals surface area (Å²) in [5, 5.41) is 0. The summed E-state index contributed by atoms with van der Waals surface area (Å²) in [4.78, 5) is 0. The molecule has 2 saturated carbocycles. The summed E-state index contributed by atoms with van der Waals surface area (Å²) in [7, 11) is 1.85. The Morgan fingerprint density at radius 1 is 1.08 bits per heavy atom. The third-order valence-corrected chi connectivity index (χ3v) is 4.65. The minimum absolute atomic E-state index is 0.565. The van der Waals surface area contributed by atoms with Gasteiger partial charge in [0, 0.05) is 7.11 Å². The van der Waals surface area contributed by atoms with Gasteiger partial charge in [-0.15, -0.1) is 0 Å². The van der Waals surface area contributed by atoms with Gasteiger partial charge in [-0.25, -0.2) is 0 Å². The molecule has 1 nitrogen and oxygen atoms in total. The molecule has 0 amide bonds. The van der Waals surface area contributed by atoms with Gasteiger partial charge in [-0.05, 0) is 42.9 Å². The fraction of sp³-hybridized carbons (Fsp3) is 1.00. The molecular weight excluding hydrogens is 148 g/mol. The van der Waals surface area contributed by atoms with Crippen LogP contribution in [0, 0.1) is 17.3 Å². The fourth-order valence-electron chi connectivity index (χ4n) is 3.22. The Morgan fingerprint density at radius 3 is 1.92 bits per heavy atom. The highest BCUT2D eigenvalue weighted by atomic mass is 16.5. The second kappa shape index (κ2) is 2.73. The van der Waals surface area contributed by atoms with Crippen LogP contribution in [-0.4, -0.2) is 13.2 Å². The number of methoxy groups -OCH3 is 1. The first kappa shape index (κ1) is 8.55. The molecule has 2 atom stereocenters. The van der Waals surface area contributed by atoms with Gasteiger partial charge in [0.1, 0.15) is 0 Å².